The summed E-state index contributed by atoms with van der Waals surface area (Å²) in [5, 5.41) is 6.86. The van der Waals surface area contributed by atoms with Crippen LogP contribution >= 0.6 is 0 Å². The third-order valence-corrected chi connectivity index (χ3v) is 7.64. The third-order valence-electron chi connectivity index (χ3n) is 5.79. The van der Waals surface area contributed by atoms with Crippen molar-refractivity contribution in [2.75, 3.05) is 19.6 Å². The van der Waals surface area contributed by atoms with Crippen LogP contribution in [-0.4, -0.2) is 64.9 Å². The average molecular weight is 490 g/mol. The molecule has 1 fully saturated rings. The van der Waals surface area contributed by atoms with Gasteiger partial charge in [0.15, 0.2) is 0 Å². The summed E-state index contributed by atoms with van der Waals surface area (Å²) in [4.78, 5) is 27.7. The van der Waals surface area contributed by atoms with Gasteiger partial charge in [0.1, 0.15) is 6.04 Å². The van der Waals surface area contributed by atoms with Gasteiger partial charge >= 0.3 is 0 Å². The fourth-order valence-electron chi connectivity index (χ4n) is 4.23. The Morgan fingerprint density at radius 1 is 1.18 bits per heavy atom. The Labute approximate surface area is 202 Å². The zero-order chi connectivity index (χ0) is 24.7. The van der Waals surface area contributed by atoms with E-state index in [0.717, 1.165) is 12.0 Å². The summed E-state index contributed by atoms with van der Waals surface area (Å²) in [6.07, 6.45) is 5.50. The molecule has 9 nitrogen and oxygen atoms in total. The number of carbonyl (C=O) groups excluding carboxylic acids is 2. The second-order valence-corrected chi connectivity index (χ2v) is 11.2. The molecule has 0 unspecified atom stereocenters. The third kappa shape index (κ3) is 7.14. The molecule has 3 rings (SSSR count). The van der Waals surface area contributed by atoms with Crippen LogP contribution in [0.5, 0.6) is 0 Å². The van der Waals surface area contributed by atoms with Crippen LogP contribution in [0, 0.1) is 5.92 Å². The molecule has 1 aliphatic heterocycles. The number of carbonyl (C=O) groups is 2. The van der Waals surface area contributed by atoms with Crippen molar-refractivity contribution in [2.24, 2.45) is 13.0 Å². The lowest BCUT2D eigenvalue weighted by Gasteiger charge is -2.34. The van der Waals surface area contributed by atoms with Gasteiger partial charge < -0.3 is 10.2 Å². The monoisotopic (exact) mass is 489 g/mol. The number of nitrogens with one attached hydrogen (secondary N) is 1. The van der Waals surface area contributed by atoms with Gasteiger partial charge in [-0.3, -0.25) is 14.3 Å². The first-order chi connectivity index (χ1) is 16.2. The van der Waals surface area contributed by atoms with Crippen molar-refractivity contribution >= 4 is 21.8 Å². The fraction of sp³-hybridized carbons (Fsp3) is 0.542. The smallest absolute Gasteiger partial charge is 0.242 e. The van der Waals surface area contributed by atoms with Crippen LogP contribution in [0.1, 0.15) is 44.2 Å². The maximum atomic E-state index is 13.1. The fourth-order valence-corrected chi connectivity index (χ4v) is 6.00. The minimum atomic E-state index is -3.67. The molecular weight excluding hydrogens is 454 g/mol. The second-order valence-electron chi connectivity index (χ2n) is 9.27. The molecule has 1 aromatic heterocycles. The van der Waals surface area contributed by atoms with Gasteiger partial charge in [-0.05, 0) is 24.3 Å². The van der Waals surface area contributed by atoms with Crippen molar-refractivity contribution < 1.29 is 18.0 Å². The number of amides is 2. The molecule has 1 atom stereocenters. The van der Waals surface area contributed by atoms with Gasteiger partial charge in [-0.15, -0.1) is 0 Å². The van der Waals surface area contributed by atoms with Crippen molar-refractivity contribution in [1.82, 2.24) is 24.3 Å². The van der Waals surface area contributed by atoms with Crippen LogP contribution in [0.4, 0.5) is 0 Å². The van der Waals surface area contributed by atoms with Gasteiger partial charge in [0.2, 0.25) is 21.8 Å². The van der Waals surface area contributed by atoms with E-state index in [4.69, 9.17) is 0 Å². The lowest BCUT2D eigenvalue weighted by atomic mass is 10.0. The molecule has 0 radical (unpaired) electrons. The van der Waals surface area contributed by atoms with Gasteiger partial charge in [-0.1, -0.05) is 50.6 Å². The molecule has 1 N–H and O–H groups in total. The standard InChI is InChI=1S/C24H35N5O4S/c1-19(2)15-28(17-21-13-26-27(3)16-21)23(30)14-25-24(31)22-11-7-8-12-29(22)34(32,33)18-20-9-5-4-6-10-20/h4-6,9-10,13,16,19,22H,7-8,11-12,14-15,17-18H2,1-3H3,(H,25,31)/t22-/m0/s1. The minimum Gasteiger partial charge on any atom is -0.346 e. The van der Waals surface area contributed by atoms with Gasteiger partial charge in [0.05, 0.1) is 18.5 Å². The number of nitrogens with zero attached hydrogens (tertiary/aromatic N) is 4. The highest BCUT2D eigenvalue weighted by Crippen LogP contribution is 2.23. The predicted octanol–water partition coefficient (Wildman–Crippen LogP) is 1.91. The molecule has 0 spiro atoms. The van der Waals surface area contributed by atoms with E-state index in [-0.39, 0.29) is 24.1 Å². The number of sulfonamides is 1. The summed E-state index contributed by atoms with van der Waals surface area (Å²) < 4.78 is 29.2. The number of benzene rings is 1. The van der Waals surface area contributed by atoms with E-state index in [0.29, 0.717) is 38.0 Å². The quantitative estimate of drug-likeness (QED) is 0.549. The molecule has 10 heteroatoms. The van der Waals surface area contributed by atoms with E-state index in [1.165, 1.54) is 4.31 Å². The molecule has 2 heterocycles. The summed E-state index contributed by atoms with van der Waals surface area (Å²) in [5.74, 6) is -0.520. The summed E-state index contributed by atoms with van der Waals surface area (Å²) in [7, 11) is -1.85. The molecule has 186 valence electrons. The Kier molecular flexibility index (Phi) is 8.84. The highest BCUT2D eigenvalue weighted by Gasteiger charge is 2.36. The summed E-state index contributed by atoms with van der Waals surface area (Å²) in [6.45, 7) is 5.14. The Bertz CT molecular complexity index is 1070. The normalized spacial score (nSPS) is 17.0. The zero-order valence-electron chi connectivity index (χ0n) is 20.2. The van der Waals surface area contributed by atoms with Crippen LogP contribution in [0.25, 0.3) is 0 Å². The van der Waals surface area contributed by atoms with Gasteiger partial charge in [0, 0.05) is 38.4 Å². The first-order valence-corrected chi connectivity index (χ1v) is 13.3. The van der Waals surface area contributed by atoms with Crippen LogP contribution in [0.2, 0.25) is 0 Å². The van der Waals surface area contributed by atoms with Crippen LogP contribution in [0.3, 0.4) is 0 Å². The maximum absolute atomic E-state index is 13.1. The van der Waals surface area contributed by atoms with Gasteiger partial charge in [-0.2, -0.15) is 9.40 Å². The first-order valence-electron chi connectivity index (χ1n) is 11.7. The molecule has 2 amide bonds. The molecule has 0 bridgehead atoms. The molecule has 0 aliphatic carbocycles. The second kappa shape index (κ2) is 11.6. The van der Waals surface area contributed by atoms with E-state index in [2.05, 4.69) is 10.4 Å². The Morgan fingerprint density at radius 3 is 2.56 bits per heavy atom. The zero-order valence-corrected chi connectivity index (χ0v) is 21.0. The lowest BCUT2D eigenvalue weighted by molar-refractivity contribution is -0.135. The number of piperidine rings is 1. The number of aryl methyl sites for hydroxylation is 1. The van der Waals surface area contributed by atoms with E-state index >= 15 is 0 Å². The largest absolute Gasteiger partial charge is 0.346 e. The van der Waals surface area contributed by atoms with E-state index in [1.807, 2.05) is 33.2 Å². The summed E-state index contributed by atoms with van der Waals surface area (Å²) >= 11 is 0. The van der Waals surface area contributed by atoms with Crippen molar-refractivity contribution in [3.05, 3.63) is 53.9 Å². The SMILES string of the molecule is CC(C)CN(Cc1cnn(C)c1)C(=O)CNC(=O)[C@@H]1CCCCN1S(=O)(=O)Cc1ccccc1. The van der Waals surface area contributed by atoms with Gasteiger partial charge in [-0.25, -0.2) is 8.42 Å². The number of hydrogen-bond acceptors (Lipinski definition) is 5. The summed E-state index contributed by atoms with van der Waals surface area (Å²) in [6, 6.07) is 8.16. The van der Waals surface area contributed by atoms with Crippen LogP contribution < -0.4 is 5.32 Å². The number of aromatic nitrogens is 2. The number of hydrogen-bond donors (Lipinski definition) is 1. The van der Waals surface area contributed by atoms with Crippen molar-refractivity contribution in [1.29, 1.82) is 0 Å². The van der Waals surface area contributed by atoms with E-state index < -0.39 is 22.0 Å². The molecule has 1 aromatic carbocycles. The van der Waals surface area contributed by atoms with Crippen molar-refractivity contribution in [3.8, 4) is 0 Å². The molecule has 2 aromatic rings. The number of rotatable bonds is 10. The minimum absolute atomic E-state index is 0.149. The predicted molar refractivity (Wildman–Crippen MR) is 130 cm³/mol. The first kappa shape index (κ1) is 25.9. The molecule has 1 aliphatic rings. The average Bonchev–Trinajstić information content (AvgIpc) is 3.21. The molecule has 0 saturated carbocycles. The molecule has 34 heavy (non-hydrogen) atoms. The van der Waals surface area contributed by atoms with E-state index in [1.54, 1.807) is 40.0 Å². The Balaban J connectivity index is 1.64. The Morgan fingerprint density at radius 2 is 1.91 bits per heavy atom. The van der Waals surface area contributed by atoms with E-state index in [9.17, 15) is 18.0 Å². The highest BCUT2D eigenvalue weighted by atomic mass is 32.2. The van der Waals surface area contributed by atoms with Gasteiger partial charge in [0.25, 0.3) is 0 Å². The van der Waals surface area contributed by atoms with Crippen LogP contribution in [0.15, 0.2) is 42.7 Å². The van der Waals surface area contributed by atoms with Crippen molar-refractivity contribution in [2.45, 2.75) is 51.4 Å². The lowest BCUT2D eigenvalue weighted by Crippen LogP contribution is -2.53. The highest BCUT2D eigenvalue weighted by molar-refractivity contribution is 7.88. The van der Waals surface area contributed by atoms with Crippen molar-refractivity contribution in [3.63, 3.8) is 0 Å². The molecule has 1 saturated heterocycles. The molecular formula is C24H35N5O4S. The van der Waals surface area contributed by atoms with Crippen LogP contribution in [-0.2, 0) is 39.0 Å². The topological polar surface area (TPSA) is 105 Å². The Hall–Kier alpha value is -2.72. The maximum Gasteiger partial charge on any atom is 0.242 e. The summed E-state index contributed by atoms with van der Waals surface area (Å²) in [5.41, 5.74) is 1.59.